The molecular formula is C15H18N2OS. The maximum absolute atomic E-state index is 12.3. The maximum Gasteiger partial charge on any atom is 0.224 e. The first kappa shape index (κ1) is 12.6. The zero-order valence-electron chi connectivity index (χ0n) is 10.8. The Morgan fingerprint density at radius 3 is 2.32 bits per heavy atom. The number of thiocarbonyl (C=S) groups is 1. The van der Waals surface area contributed by atoms with Crippen molar-refractivity contribution >= 4 is 23.1 Å². The van der Waals surface area contributed by atoms with Crippen LogP contribution in [0.1, 0.15) is 24.0 Å². The van der Waals surface area contributed by atoms with Gasteiger partial charge in [0.2, 0.25) is 5.91 Å². The highest BCUT2D eigenvalue weighted by molar-refractivity contribution is 7.80. The van der Waals surface area contributed by atoms with Crippen LogP contribution in [0.25, 0.3) is 0 Å². The molecule has 0 bridgehead atoms. The summed E-state index contributed by atoms with van der Waals surface area (Å²) in [5.41, 5.74) is 8.31. The number of hydrogen-bond acceptors (Lipinski definition) is 2. The lowest BCUT2D eigenvalue weighted by Gasteiger charge is -2.19. The van der Waals surface area contributed by atoms with E-state index >= 15 is 0 Å². The fourth-order valence-electron chi connectivity index (χ4n) is 2.87. The van der Waals surface area contributed by atoms with Gasteiger partial charge in [0.15, 0.2) is 0 Å². The van der Waals surface area contributed by atoms with E-state index in [4.69, 9.17) is 18.0 Å². The highest BCUT2D eigenvalue weighted by Gasteiger charge is 2.36. The van der Waals surface area contributed by atoms with Crippen LogP contribution in [0.4, 0.5) is 0 Å². The number of rotatable bonds is 4. The Bertz CT molecular complexity index is 500. The van der Waals surface area contributed by atoms with Gasteiger partial charge in [-0.3, -0.25) is 4.79 Å². The summed E-state index contributed by atoms with van der Waals surface area (Å²) < 4.78 is 0. The van der Waals surface area contributed by atoms with E-state index in [0.717, 1.165) is 25.7 Å². The number of fused-ring (bicyclic) bond motifs is 1. The lowest BCUT2D eigenvalue weighted by Crippen LogP contribution is -2.47. The van der Waals surface area contributed by atoms with Gasteiger partial charge < -0.3 is 11.1 Å². The second-order valence-corrected chi connectivity index (χ2v) is 6.07. The molecule has 1 amide bonds. The van der Waals surface area contributed by atoms with Crippen LogP contribution in [0.15, 0.2) is 24.3 Å². The summed E-state index contributed by atoms with van der Waals surface area (Å²) in [6, 6.07) is 8.16. The quantitative estimate of drug-likeness (QED) is 0.820. The van der Waals surface area contributed by atoms with E-state index in [0.29, 0.717) is 10.9 Å². The highest BCUT2D eigenvalue weighted by Crippen LogP contribution is 2.33. The monoisotopic (exact) mass is 274 g/mol. The van der Waals surface area contributed by atoms with E-state index in [2.05, 4.69) is 17.4 Å². The summed E-state index contributed by atoms with van der Waals surface area (Å²) in [6.45, 7) is 0. The molecule has 1 aromatic carbocycles. The van der Waals surface area contributed by atoms with Crippen LogP contribution in [0, 0.1) is 11.8 Å². The van der Waals surface area contributed by atoms with Crippen molar-refractivity contribution in [3.05, 3.63) is 35.4 Å². The van der Waals surface area contributed by atoms with Crippen molar-refractivity contribution in [1.82, 2.24) is 5.32 Å². The maximum atomic E-state index is 12.3. The first-order valence-electron chi connectivity index (χ1n) is 6.81. The lowest BCUT2D eigenvalue weighted by molar-refractivity contribution is -0.125. The molecule has 1 saturated carbocycles. The van der Waals surface area contributed by atoms with Crippen LogP contribution in [-0.2, 0) is 17.6 Å². The molecule has 0 saturated heterocycles. The summed E-state index contributed by atoms with van der Waals surface area (Å²) in [4.78, 5) is 12.8. The summed E-state index contributed by atoms with van der Waals surface area (Å²) in [6.07, 6.45) is 3.90. The number of nitrogens with one attached hydrogen (secondary N) is 1. The van der Waals surface area contributed by atoms with Crippen molar-refractivity contribution in [2.24, 2.45) is 17.6 Å². The van der Waals surface area contributed by atoms with E-state index in [9.17, 15) is 4.79 Å². The van der Waals surface area contributed by atoms with Crippen LogP contribution in [0.5, 0.6) is 0 Å². The molecule has 2 aliphatic rings. The van der Waals surface area contributed by atoms with Gasteiger partial charge in [-0.2, -0.15) is 0 Å². The van der Waals surface area contributed by atoms with Crippen molar-refractivity contribution in [2.75, 3.05) is 0 Å². The van der Waals surface area contributed by atoms with Gasteiger partial charge in [-0.1, -0.05) is 36.5 Å². The lowest BCUT2D eigenvalue weighted by atomic mass is 10.0. The largest absolute Gasteiger partial charge is 0.392 e. The van der Waals surface area contributed by atoms with Gasteiger partial charge in [0, 0.05) is 5.92 Å². The van der Waals surface area contributed by atoms with Crippen LogP contribution in [0.2, 0.25) is 0 Å². The van der Waals surface area contributed by atoms with E-state index < -0.39 is 0 Å². The van der Waals surface area contributed by atoms with E-state index in [1.54, 1.807) is 0 Å². The van der Waals surface area contributed by atoms with Crippen molar-refractivity contribution < 1.29 is 4.79 Å². The summed E-state index contributed by atoms with van der Waals surface area (Å²) in [5.74, 6) is 0.596. The summed E-state index contributed by atoms with van der Waals surface area (Å²) in [7, 11) is 0. The molecule has 4 heteroatoms. The minimum absolute atomic E-state index is 0.0352. The number of amides is 1. The smallest absolute Gasteiger partial charge is 0.224 e. The summed E-state index contributed by atoms with van der Waals surface area (Å²) in [5, 5.41) is 3.05. The van der Waals surface area contributed by atoms with Crippen LogP contribution >= 0.6 is 12.2 Å². The molecule has 19 heavy (non-hydrogen) atoms. The van der Waals surface area contributed by atoms with Gasteiger partial charge >= 0.3 is 0 Å². The topological polar surface area (TPSA) is 55.1 Å². The van der Waals surface area contributed by atoms with Crippen LogP contribution < -0.4 is 11.1 Å². The molecular weight excluding hydrogens is 256 g/mol. The molecule has 1 atom stereocenters. The fraction of sp³-hybridized carbons (Fsp3) is 0.467. The molecule has 0 radical (unpaired) electrons. The number of hydrogen-bond donors (Lipinski definition) is 2. The molecule has 0 spiro atoms. The molecule has 3 rings (SSSR count). The van der Waals surface area contributed by atoms with Gasteiger partial charge in [0.05, 0.1) is 11.0 Å². The Balaban J connectivity index is 1.64. The number of carbonyl (C=O) groups is 1. The first-order chi connectivity index (χ1) is 9.15. The molecule has 3 N–H and O–H groups in total. The Kier molecular flexibility index (Phi) is 3.27. The zero-order valence-corrected chi connectivity index (χ0v) is 11.6. The number of benzene rings is 1. The van der Waals surface area contributed by atoms with Crippen molar-refractivity contribution in [2.45, 2.75) is 31.7 Å². The third-order valence-corrected chi connectivity index (χ3v) is 4.37. The normalized spacial score (nSPS) is 19.8. The standard InChI is InChI=1S/C15H18N2OS/c16-14(19)13(9-5-6-9)17-15(18)12-7-10-3-1-2-4-11(10)8-12/h1-4,9,12-13H,5-8H2,(H2,16,19)(H,17,18). The van der Waals surface area contributed by atoms with Crippen LogP contribution in [-0.4, -0.2) is 16.9 Å². The molecule has 0 heterocycles. The molecule has 1 fully saturated rings. The molecule has 100 valence electrons. The fourth-order valence-corrected chi connectivity index (χ4v) is 3.12. The third kappa shape index (κ3) is 2.63. The first-order valence-corrected chi connectivity index (χ1v) is 7.22. The Hall–Kier alpha value is -1.42. The average molecular weight is 274 g/mol. The Morgan fingerprint density at radius 1 is 1.26 bits per heavy atom. The number of carbonyl (C=O) groups excluding carboxylic acids is 1. The SMILES string of the molecule is NC(=S)C(NC(=O)C1Cc2ccccc2C1)C1CC1. The molecule has 1 unspecified atom stereocenters. The molecule has 2 aliphatic carbocycles. The van der Waals surface area contributed by atoms with E-state index in [1.807, 2.05) is 12.1 Å². The minimum Gasteiger partial charge on any atom is -0.392 e. The Labute approximate surface area is 118 Å². The predicted octanol–water partition coefficient (Wildman–Crippen LogP) is 1.58. The molecule has 1 aromatic rings. The highest BCUT2D eigenvalue weighted by atomic mass is 32.1. The second-order valence-electron chi connectivity index (χ2n) is 5.60. The van der Waals surface area contributed by atoms with Crippen molar-refractivity contribution in [3.63, 3.8) is 0 Å². The van der Waals surface area contributed by atoms with Gasteiger partial charge in [0.1, 0.15) is 0 Å². The minimum atomic E-state index is -0.105. The van der Waals surface area contributed by atoms with Gasteiger partial charge in [-0.15, -0.1) is 0 Å². The average Bonchev–Trinajstić information content (AvgIpc) is 3.12. The Morgan fingerprint density at radius 2 is 1.84 bits per heavy atom. The summed E-state index contributed by atoms with van der Waals surface area (Å²) >= 11 is 5.06. The molecule has 0 aromatic heterocycles. The van der Waals surface area contributed by atoms with Crippen molar-refractivity contribution in [3.8, 4) is 0 Å². The van der Waals surface area contributed by atoms with Crippen molar-refractivity contribution in [1.29, 1.82) is 0 Å². The van der Waals surface area contributed by atoms with Gasteiger partial charge in [-0.25, -0.2) is 0 Å². The zero-order chi connectivity index (χ0) is 13.4. The number of nitrogens with two attached hydrogens (primary N) is 1. The van der Waals surface area contributed by atoms with Crippen LogP contribution in [0.3, 0.4) is 0 Å². The van der Waals surface area contributed by atoms with E-state index in [1.165, 1.54) is 11.1 Å². The predicted molar refractivity (Wildman–Crippen MR) is 78.8 cm³/mol. The van der Waals surface area contributed by atoms with Gasteiger partial charge in [-0.05, 0) is 42.7 Å². The molecule has 3 nitrogen and oxygen atoms in total. The van der Waals surface area contributed by atoms with E-state index in [-0.39, 0.29) is 17.9 Å². The molecule has 0 aliphatic heterocycles. The third-order valence-electron chi connectivity index (χ3n) is 4.12. The van der Waals surface area contributed by atoms with Gasteiger partial charge in [0.25, 0.3) is 0 Å². The second kappa shape index (κ2) is 4.93.